The average molecular weight is 280 g/mol. The first-order valence-corrected chi connectivity index (χ1v) is 7.05. The fourth-order valence-electron chi connectivity index (χ4n) is 2.79. The van der Waals surface area contributed by atoms with E-state index in [-0.39, 0.29) is 0 Å². The Morgan fingerprint density at radius 2 is 1.67 bits per heavy atom. The second-order valence-corrected chi connectivity index (χ2v) is 5.87. The minimum atomic E-state index is -0.422. The molecule has 3 heteroatoms. The molecule has 1 aromatic heterocycles. The molecule has 3 aromatic rings. The molecule has 21 heavy (non-hydrogen) atoms. The standard InChI is InChI=1S/C18H20N2O/c1-18(2,19)16-14-6-4-5-7-15(14)20-17(16)12-8-10-13(21-3)11-9-12/h4-11,20H,19H2,1-3H3. The van der Waals surface area contributed by atoms with Crippen molar-refractivity contribution >= 4 is 10.9 Å². The molecule has 0 radical (unpaired) electrons. The third-order valence-electron chi connectivity index (χ3n) is 3.73. The highest BCUT2D eigenvalue weighted by molar-refractivity contribution is 5.91. The number of hydrogen-bond donors (Lipinski definition) is 2. The lowest BCUT2D eigenvalue weighted by molar-refractivity contribution is 0.415. The molecule has 0 amide bonds. The van der Waals surface area contributed by atoms with Gasteiger partial charge >= 0.3 is 0 Å². The quantitative estimate of drug-likeness (QED) is 0.760. The van der Waals surface area contributed by atoms with Crippen LogP contribution in [0.2, 0.25) is 0 Å². The summed E-state index contributed by atoms with van der Waals surface area (Å²) < 4.78 is 5.23. The minimum Gasteiger partial charge on any atom is -0.497 e. The summed E-state index contributed by atoms with van der Waals surface area (Å²) in [5.74, 6) is 0.850. The first-order valence-electron chi connectivity index (χ1n) is 7.05. The van der Waals surface area contributed by atoms with Crippen LogP contribution in [-0.2, 0) is 5.54 Å². The van der Waals surface area contributed by atoms with Crippen LogP contribution in [0.4, 0.5) is 0 Å². The van der Waals surface area contributed by atoms with Gasteiger partial charge in [0.1, 0.15) is 5.75 Å². The Morgan fingerprint density at radius 3 is 2.29 bits per heavy atom. The first kappa shape index (κ1) is 13.7. The van der Waals surface area contributed by atoms with Crippen LogP contribution in [0.5, 0.6) is 5.75 Å². The first-order chi connectivity index (χ1) is 10.0. The van der Waals surface area contributed by atoms with Gasteiger partial charge in [-0.1, -0.05) is 18.2 Å². The van der Waals surface area contributed by atoms with E-state index in [0.717, 1.165) is 28.1 Å². The predicted molar refractivity (Wildman–Crippen MR) is 87.5 cm³/mol. The number of methoxy groups -OCH3 is 1. The number of nitrogens with two attached hydrogens (primary N) is 1. The summed E-state index contributed by atoms with van der Waals surface area (Å²) in [6.07, 6.45) is 0. The van der Waals surface area contributed by atoms with Crippen LogP contribution < -0.4 is 10.5 Å². The Morgan fingerprint density at radius 1 is 1.00 bits per heavy atom. The largest absolute Gasteiger partial charge is 0.497 e. The SMILES string of the molecule is COc1ccc(-c2[nH]c3ccccc3c2C(C)(C)N)cc1. The van der Waals surface area contributed by atoms with Crippen LogP contribution in [-0.4, -0.2) is 12.1 Å². The Bertz CT molecular complexity index is 764. The highest BCUT2D eigenvalue weighted by Crippen LogP contribution is 2.36. The maximum atomic E-state index is 6.42. The lowest BCUT2D eigenvalue weighted by Crippen LogP contribution is -2.29. The second kappa shape index (κ2) is 4.93. The zero-order valence-corrected chi connectivity index (χ0v) is 12.6. The van der Waals surface area contributed by atoms with Gasteiger partial charge in [-0.15, -0.1) is 0 Å². The molecular weight excluding hydrogens is 260 g/mol. The summed E-state index contributed by atoms with van der Waals surface area (Å²) in [6.45, 7) is 4.07. The van der Waals surface area contributed by atoms with Gasteiger partial charge in [0.25, 0.3) is 0 Å². The zero-order valence-electron chi connectivity index (χ0n) is 12.6. The molecule has 3 N–H and O–H groups in total. The number of rotatable bonds is 3. The maximum absolute atomic E-state index is 6.42. The van der Waals surface area contributed by atoms with E-state index in [4.69, 9.17) is 10.5 Å². The van der Waals surface area contributed by atoms with Gasteiger partial charge in [0.05, 0.1) is 12.8 Å². The van der Waals surface area contributed by atoms with E-state index in [9.17, 15) is 0 Å². The molecule has 0 unspecified atom stereocenters. The van der Waals surface area contributed by atoms with E-state index in [0.29, 0.717) is 0 Å². The number of ether oxygens (including phenoxy) is 1. The van der Waals surface area contributed by atoms with Crippen molar-refractivity contribution in [3.63, 3.8) is 0 Å². The molecule has 0 fully saturated rings. The molecule has 2 aromatic carbocycles. The van der Waals surface area contributed by atoms with Crippen LogP contribution >= 0.6 is 0 Å². The summed E-state index contributed by atoms with van der Waals surface area (Å²) >= 11 is 0. The minimum absolute atomic E-state index is 0.422. The van der Waals surface area contributed by atoms with Crippen molar-refractivity contribution in [3.8, 4) is 17.0 Å². The molecule has 0 aliphatic carbocycles. The van der Waals surface area contributed by atoms with Crippen molar-refractivity contribution in [2.24, 2.45) is 5.73 Å². The van der Waals surface area contributed by atoms with Crippen LogP contribution in [0.25, 0.3) is 22.2 Å². The topological polar surface area (TPSA) is 51.0 Å². The molecule has 108 valence electrons. The fourth-order valence-corrected chi connectivity index (χ4v) is 2.79. The van der Waals surface area contributed by atoms with Gasteiger partial charge in [-0.05, 0) is 49.7 Å². The third kappa shape index (κ3) is 2.41. The van der Waals surface area contributed by atoms with E-state index in [2.05, 4.69) is 29.2 Å². The molecule has 0 bridgehead atoms. The normalized spacial score (nSPS) is 11.8. The molecule has 3 rings (SSSR count). The van der Waals surface area contributed by atoms with Crippen molar-refractivity contribution in [3.05, 3.63) is 54.1 Å². The number of hydrogen-bond acceptors (Lipinski definition) is 2. The Kier molecular flexibility index (Phi) is 3.22. The smallest absolute Gasteiger partial charge is 0.118 e. The fraction of sp³-hybridized carbons (Fsp3) is 0.222. The summed E-state index contributed by atoms with van der Waals surface area (Å²) in [6, 6.07) is 16.3. The molecule has 0 saturated heterocycles. The Balaban J connectivity index is 2.25. The van der Waals surface area contributed by atoms with Crippen LogP contribution in [0.3, 0.4) is 0 Å². The lowest BCUT2D eigenvalue weighted by atomic mass is 9.90. The highest BCUT2D eigenvalue weighted by atomic mass is 16.5. The van der Waals surface area contributed by atoms with Gasteiger partial charge in [-0.3, -0.25) is 0 Å². The summed E-state index contributed by atoms with van der Waals surface area (Å²) in [5, 5.41) is 1.18. The van der Waals surface area contributed by atoms with Gasteiger partial charge in [0.2, 0.25) is 0 Å². The van der Waals surface area contributed by atoms with Crippen LogP contribution in [0.1, 0.15) is 19.4 Å². The number of nitrogens with one attached hydrogen (secondary N) is 1. The van der Waals surface area contributed by atoms with E-state index in [1.807, 2.05) is 38.1 Å². The molecule has 3 nitrogen and oxygen atoms in total. The lowest BCUT2D eigenvalue weighted by Gasteiger charge is -2.20. The molecule has 1 heterocycles. The molecule has 0 atom stereocenters. The summed E-state index contributed by atoms with van der Waals surface area (Å²) in [4.78, 5) is 3.50. The van der Waals surface area contributed by atoms with Gasteiger partial charge < -0.3 is 15.5 Å². The van der Waals surface area contributed by atoms with Crippen molar-refractivity contribution < 1.29 is 4.74 Å². The van der Waals surface area contributed by atoms with Crippen LogP contribution in [0, 0.1) is 0 Å². The molecule has 0 aliphatic rings. The van der Waals surface area contributed by atoms with Gasteiger partial charge in [0.15, 0.2) is 0 Å². The molecule has 0 spiro atoms. The second-order valence-electron chi connectivity index (χ2n) is 5.87. The van der Waals surface area contributed by atoms with Crippen molar-refractivity contribution in [1.82, 2.24) is 4.98 Å². The number of aromatic amines is 1. The number of fused-ring (bicyclic) bond motifs is 1. The number of benzene rings is 2. The van der Waals surface area contributed by atoms with Crippen molar-refractivity contribution in [1.29, 1.82) is 0 Å². The number of H-pyrrole nitrogens is 1. The molecular formula is C18H20N2O. The van der Waals surface area contributed by atoms with Gasteiger partial charge in [0, 0.05) is 22.0 Å². The number of para-hydroxylation sites is 1. The van der Waals surface area contributed by atoms with Gasteiger partial charge in [-0.25, -0.2) is 0 Å². The molecule has 0 aliphatic heterocycles. The van der Waals surface area contributed by atoms with Gasteiger partial charge in [-0.2, -0.15) is 0 Å². The average Bonchev–Trinajstić information content (AvgIpc) is 2.86. The third-order valence-corrected chi connectivity index (χ3v) is 3.73. The number of aromatic nitrogens is 1. The van der Waals surface area contributed by atoms with E-state index < -0.39 is 5.54 Å². The van der Waals surface area contributed by atoms with E-state index in [1.165, 1.54) is 5.39 Å². The van der Waals surface area contributed by atoms with E-state index in [1.54, 1.807) is 7.11 Å². The highest BCUT2D eigenvalue weighted by Gasteiger charge is 2.24. The van der Waals surface area contributed by atoms with Crippen molar-refractivity contribution in [2.45, 2.75) is 19.4 Å². The predicted octanol–water partition coefficient (Wildman–Crippen LogP) is 4.04. The summed E-state index contributed by atoms with van der Waals surface area (Å²) in [5.41, 5.74) is 10.4. The Hall–Kier alpha value is -2.26. The summed E-state index contributed by atoms with van der Waals surface area (Å²) in [7, 11) is 1.67. The van der Waals surface area contributed by atoms with Crippen molar-refractivity contribution in [2.75, 3.05) is 7.11 Å². The zero-order chi connectivity index (χ0) is 15.0. The monoisotopic (exact) mass is 280 g/mol. The maximum Gasteiger partial charge on any atom is 0.118 e. The van der Waals surface area contributed by atoms with E-state index >= 15 is 0 Å². The Labute approximate surface area is 124 Å². The van der Waals surface area contributed by atoms with Crippen LogP contribution in [0.15, 0.2) is 48.5 Å². The molecule has 0 saturated carbocycles.